The number of rotatable bonds is 3. The van der Waals surface area contributed by atoms with E-state index in [0.717, 1.165) is 0 Å². The first-order valence-corrected chi connectivity index (χ1v) is 7.41. The summed E-state index contributed by atoms with van der Waals surface area (Å²) in [4.78, 5) is -0.215. The molecule has 0 unspecified atom stereocenters. The molecule has 2 rings (SSSR count). The van der Waals surface area contributed by atoms with Crippen molar-refractivity contribution in [2.75, 3.05) is 6.61 Å². The highest BCUT2D eigenvalue weighted by atomic mass is 32.2. The smallest absolute Gasteiger partial charge is 0.306 e. The molecule has 4 N–H and O–H groups in total. The van der Waals surface area contributed by atoms with E-state index in [9.17, 15) is 23.7 Å². The summed E-state index contributed by atoms with van der Waals surface area (Å²) in [5.41, 5.74) is 0.360. The monoisotopic (exact) mass is 304 g/mol. The van der Waals surface area contributed by atoms with Gasteiger partial charge in [0, 0.05) is 0 Å². The molecule has 1 aromatic carbocycles. The van der Waals surface area contributed by atoms with Crippen LogP contribution in [0.1, 0.15) is 5.56 Å². The fourth-order valence-corrected chi connectivity index (χ4v) is 3.93. The summed E-state index contributed by atoms with van der Waals surface area (Å²) in [7, 11) is -4.48. The molecule has 20 heavy (non-hydrogen) atoms. The average Bonchev–Trinajstić information content (AvgIpc) is 2.64. The van der Waals surface area contributed by atoms with E-state index >= 15 is 0 Å². The molecule has 1 saturated heterocycles. The van der Waals surface area contributed by atoms with Crippen LogP contribution in [0.4, 0.5) is 0 Å². The highest BCUT2D eigenvalue weighted by Crippen LogP contribution is 2.38. The zero-order valence-corrected chi connectivity index (χ0v) is 11.5. The first-order chi connectivity index (χ1) is 9.25. The summed E-state index contributed by atoms with van der Waals surface area (Å²) in [6, 6.07) is 5.87. The van der Waals surface area contributed by atoms with E-state index < -0.39 is 39.9 Å². The number of hydrogen-bond acceptors (Lipinski definition) is 7. The van der Waals surface area contributed by atoms with Crippen molar-refractivity contribution < 1.29 is 33.6 Å². The van der Waals surface area contributed by atoms with Crippen molar-refractivity contribution >= 4 is 9.84 Å². The third-order valence-electron chi connectivity index (χ3n) is 3.35. The lowest BCUT2D eigenvalue weighted by Gasteiger charge is -2.26. The van der Waals surface area contributed by atoms with Crippen LogP contribution >= 0.6 is 0 Å². The van der Waals surface area contributed by atoms with E-state index in [4.69, 9.17) is 9.84 Å². The van der Waals surface area contributed by atoms with Crippen molar-refractivity contribution in [1.29, 1.82) is 0 Å². The van der Waals surface area contributed by atoms with E-state index in [-0.39, 0.29) is 4.90 Å². The van der Waals surface area contributed by atoms with Gasteiger partial charge in [-0.05, 0) is 18.6 Å². The maximum atomic E-state index is 12.5. The fourth-order valence-electron chi connectivity index (χ4n) is 2.16. The fraction of sp³-hybridized carbons (Fsp3) is 0.500. The van der Waals surface area contributed by atoms with Gasteiger partial charge in [0.15, 0.2) is 6.10 Å². The largest absolute Gasteiger partial charge is 0.394 e. The molecule has 4 atom stereocenters. The van der Waals surface area contributed by atoms with Crippen molar-refractivity contribution in [3.05, 3.63) is 29.8 Å². The van der Waals surface area contributed by atoms with Crippen molar-refractivity contribution in [3.63, 3.8) is 0 Å². The number of aliphatic hydroxyl groups excluding tert-OH is 3. The minimum Gasteiger partial charge on any atom is -0.394 e. The van der Waals surface area contributed by atoms with Crippen LogP contribution in [0, 0.1) is 6.92 Å². The van der Waals surface area contributed by atoms with Gasteiger partial charge in [0.25, 0.3) is 0 Å². The van der Waals surface area contributed by atoms with E-state index in [1.54, 1.807) is 6.07 Å². The molecule has 0 aromatic heterocycles. The highest BCUT2D eigenvalue weighted by molar-refractivity contribution is 7.92. The van der Waals surface area contributed by atoms with Crippen LogP contribution in [-0.4, -0.2) is 58.9 Å². The Morgan fingerprint density at radius 3 is 2.40 bits per heavy atom. The Balaban J connectivity index is 2.52. The minimum absolute atomic E-state index is 0.215. The Labute approximate surface area is 116 Å². The van der Waals surface area contributed by atoms with Crippen LogP contribution in [0.25, 0.3) is 0 Å². The van der Waals surface area contributed by atoms with Gasteiger partial charge in [-0.2, -0.15) is 0 Å². The molecule has 0 aliphatic carbocycles. The molecule has 1 aliphatic heterocycles. The molecule has 0 bridgehead atoms. The summed E-state index contributed by atoms with van der Waals surface area (Å²) < 4.78 is 29.7. The second-order valence-electron chi connectivity index (χ2n) is 4.67. The number of ether oxygens (including phenoxy) is 1. The van der Waals surface area contributed by atoms with E-state index in [1.165, 1.54) is 25.1 Å². The summed E-state index contributed by atoms with van der Waals surface area (Å²) in [6.45, 7) is 0.793. The van der Waals surface area contributed by atoms with Gasteiger partial charge in [-0.3, -0.25) is 0 Å². The Morgan fingerprint density at radius 2 is 1.90 bits per heavy atom. The van der Waals surface area contributed by atoms with Crippen molar-refractivity contribution in [3.8, 4) is 0 Å². The van der Waals surface area contributed by atoms with Crippen molar-refractivity contribution in [2.45, 2.75) is 35.3 Å². The Bertz CT molecular complexity index is 600. The third-order valence-corrected chi connectivity index (χ3v) is 5.49. The molecule has 112 valence electrons. The predicted molar refractivity (Wildman–Crippen MR) is 67.3 cm³/mol. The van der Waals surface area contributed by atoms with Crippen LogP contribution in [-0.2, 0) is 14.6 Å². The number of sulfone groups is 1. The lowest BCUT2D eigenvalue weighted by molar-refractivity contribution is -0.168. The maximum absolute atomic E-state index is 12.5. The SMILES string of the molecule is Cc1ccccc1S(=O)(=O)[C@@]1(O)O[C@@H](CO)[C@@H](O)[C@@H]1O. The Morgan fingerprint density at radius 1 is 1.30 bits per heavy atom. The Kier molecular flexibility index (Phi) is 3.89. The molecule has 1 heterocycles. The average molecular weight is 304 g/mol. The lowest BCUT2D eigenvalue weighted by atomic mass is 10.1. The van der Waals surface area contributed by atoms with Gasteiger partial charge in [-0.15, -0.1) is 0 Å². The molecule has 0 amide bonds. The minimum atomic E-state index is -4.48. The van der Waals surface area contributed by atoms with Gasteiger partial charge in [-0.1, -0.05) is 18.2 Å². The highest BCUT2D eigenvalue weighted by Gasteiger charge is 2.62. The molecule has 1 aromatic rings. The molecular weight excluding hydrogens is 288 g/mol. The van der Waals surface area contributed by atoms with Gasteiger partial charge in [0.2, 0.25) is 9.84 Å². The number of benzene rings is 1. The van der Waals surface area contributed by atoms with Gasteiger partial charge < -0.3 is 25.2 Å². The predicted octanol–water partition coefficient (Wildman–Crippen LogP) is -1.47. The Hall–Kier alpha value is -1.03. The quantitative estimate of drug-likeness (QED) is 0.537. The molecular formula is C12H16O7S. The van der Waals surface area contributed by atoms with E-state index in [0.29, 0.717) is 5.56 Å². The first-order valence-electron chi connectivity index (χ1n) is 5.93. The molecule has 0 saturated carbocycles. The summed E-state index contributed by atoms with van der Waals surface area (Å²) in [6.07, 6.45) is -5.16. The van der Waals surface area contributed by atoms with E-state index in [1.807, 2.05) is 0 Å². The van der Waals surface area contributed by atoms with Gasteiger partial charge in [0.1, 0.15) is 12.2 Å². The van der Waals surface area contributed by atoms with Gasteiger partial charge >= 0.3 is 5.12 Å². The zero-order chi connectivity index (χ0) is 15.1. The van der Waals surface area contributed by atoms with Crippen LogP contribution < -0.4 is 0 Å². The van der Waals surface area contributed by atoms with Crippen LogP contribution in [0.5, 0.6) is 0 Å². The second-order valence-corrected chi connectivity index (χ2v) is 6.71. The van der Waals surface area contributed by atoms with Crippen molar-refractivity contribution in [1.82, 2.24) is 0 Å². The lowest BCUT2D eigenvalue weighted by Crippen LogP contribution is -2.49. The van der Waals surface area contributed by atoms with Gasteiger partial charge in [-0.25, -0.2) is 8.42 Å². The van der Waals surface area contributed by atoms with Crippen LogP contribution in [0.3, 0.4) is 0 Å². The topological polar surface area (TPSA) is 124 Å². The molecule has 8 heteroatoms. The maximum Gasteiger partial charge on any atom is 0.306 e. The van der Waals surface area contributed by atoms with Gasteiger partial charge in [0.05, 0.1) is 11.5 Å². The molecule has 1 aliphatic rings. The summed E-state index contributed by atoms with van der Waals surface area (Å²) >= 11 is 0. The first kappa shape index (κ1) is 15.4. The number of aliphatic hydroxyl groups is 4. The zero-order valence-electron chi connectivity index (χ0n) is 10.7. The van der Waals surface area contributed by atoms with Crippen LogP contribution in [0.15, 0.2) is 29.2 Å². The van der Waals surface area contributed by atoms with Crippen LogP contribution in [0.2, 0.25) is 0 Å². The molecule has 0 spiro atoms. The second kappa shape index (κ2) is 5.06. The van der Waals surface area contributed by atoms with Crippen molar-refractivity contribution in [2.24, 2.45) is 0 Å². The molecule has 0 radical (unpaired) electrons. The molecule has 7 nitrogen and oxygen atoms in total. The molecule has 1 fully saturated rings. The summed E-state index contributed by atoms with van der Waals surface area (Å²) in [5.74, 6) is 0. The number of hydrogen-bond donors (Lipinski definition) is 4. The number of aryl methyl sites for hydroxylation is 1. The summed E-state index contributed by atoms with van der Waals surface area (Å²) in [5, 5.41) is 35.6. The normalized spacial score (nSPS) is 34.4. The third kappa shape index (κ3) is 2.05. The standard InChI is InChI=1S/C12H16O7S/c1-7-4-2-3-5-9(7)20(17,18)12(16)11(15)10(14)8(6-13)19-12/h2-5,8,10-11,13-16H,6H2,1H3/t8-,10+,11-,12-/m0/s1. The van der Waals surface area contributed by atoms with E-state index in [2.05, 4.69) is 0 Å².